The number of benzene rings is 2. The van der Waals surface area contributed by atoms with E-state index < -0.39 is 0 Å². The molecule has 2 aromatic carbocycles. The van der Waals surface area contributed by atoms with E-state index in [1.807, 2.05) is 48.5 Å². The van der Waals surface area contributed by atoms with Crippen molar-refractivity contribution >= 4 is 16.8 Å². The van der Waals surface area contributed by atoms with Crippen LogP contribution in [-0.4, -0.2) is 38.8 Å². The van der Waals surface area contributed by atoms with Gasteiger partial charge in [-0.2, -0.15) is 0 Å². The van der Waals surface area contributed by atoms with Gasteiger partial charge in [-0.1, -0.05) is 12.1 Å². The lowest BCUT2D eigenvalue weighted by Crippen LogP contribution is -2.29. The van der Waals surface area contributed by atoms with Gasteiger partial charge in [-0.15, -0.1) is 0 Å². The van der Waals surface area contributed by atoms with Gasteiger partial charge in [-0.05, 0) is 35.9 Å². The van der Waals surface area contributed by atoms with Crippen LogP contribution in [0.15, 0.2) is 48.5 Å². The van der Waals surface area contributed by atoms with E-state index in [1.165, 1.54) is 0 Å². The predicted molar refractivity (Wildman–Crippen MR) is 99.9 cm³/mol. The summed E-state index contributed by atoms with van der Waals surface area (Å²) < 4.78 is 16.0. The van der Waals surface area contributed by atoms with Gasteiger partial charge in [0.15, 0.2) is 0 Å². The molecular weight excluding hydrogens is 332 g/mol. The van der Waals surface area contributed by atoms with Gasteiger partial charge in [0.2, 0.25) is 0 Å². The number of aromatic nitrogens is 1. The zero-order chi connectivity index (χ0) is 18.5. The van der Waals surface area contributed by atoms with Crippen molar-refractivity contribution in [2.24, 2.45) is 0 Å². The van der Waals surface area contributed by atoms with Crippen LogP contribution in [0.5, 0.6) is 11.5 Å². The lowest BCUT2D eigenvalue weighted by molar-refractivity contribution is 0.0824. The van der Waals surface area contributed by atoms with Crippen molar-refractivity contribution in [1.29, 1.82) is 0 Å². The van der Waals surface area contributed by atoms with Gasteiger partial charge in [0.05, 0.1) is 20.3 Å². The topological polar surface area (TPSA) is 72.6 Å². The largest absolute Gasteiger partial charge is 0.497 e. The molecule has 0 aliphatic heterocycles. The molecule has 0 bridgehead atoms. The van der Waals surface area contributed by atoms with Gasteiger partial charge in [0, 0.05) is 30.6 Å². The minimum absolute atomic E-state index is 0.190. The fourth-order valence-corrected chi connectivity index (χ4v) is 2.82. The first-order valence-corrected chi connectivity index (χ1v) is 8.26. The monoisotopic (exact) mass is 354 g/mol. The van der Waals surface area contributed by atoms with Crippen LogP contribution in [0.25, 0.3) is 10.9 Å². The highest BCUT2D eigenvalue weighted by molar-refractivity contribution is 5.98. The minimum Gasteiger partial charge on any atom is -0.497 e. The fraction of sp³-hybridized carbons (Fsp3) is 0.250. The quantitative estimate of drug-likeness (QED) is 0.683. The van der Waals surface area contributed by atoms with E-state index in [1.54, 1.807) is 21.3 Å². The van der Waals surface area contributed by atoms with Crippen LogP contribution < -0.4 is 14.8 Å². The molecule has 6 heteroatoms. The maximum absolute atomic E-state index is 12.5. The van der Waals surface area contributed by atoms with Crippen LogP contribution in [0.2, 0.25) is 0 Å². The Morgan fingerprint density at radius 3 is 2.54 bits per heavy atom. The summed E-state index contributed by atoms with van der Waals surface area (Å²) in [5, 5.41) is 3.86. The fourth-order valence-electron chi connectivity index (χ4n) is 2.82. The third kappa shape index (κ3) is 3.81. The minimum atomic E-state index is -0.265. The number of ether oxygens (including phenoxy) is 3. The maximum atomic E-state index is 12.5. The smallest absolute Gasteiger partial charge is 0.267 e. The van der Waals surface area contributed by atoms with Crippen LogP contribution in [0.4, 0.5) is 0 Å². The Morgan fingerprint density at radius 1 is 1.04 bits per heavy atom. The average molecular weight is 354 g/mol. The first-order chi connectivity index (χ1) is 12.6. The molecule has 3 aromatic rings. The lowest BCUT2D eigenvalue weighted by Gasteiger charge is -2.17. The summed E-state index contributed by atoms with van der Waals surface area (Å²) in [5.74, 6) is 1.30. The Bertz CT molecular complexity index is 904. The number of carbonyl (C=O) groups is 1. The van der Waals surface area contributed by atoms with Gasteiger partial charge in [0.25, 0.3) is 5.91 Å². The second-order valence-electron chi connectivity index (χ2n) is 5.85. The maximum Gasteiger partial charge on any atom is 0.267 e. The van der Waals surface area contributed by atoms with E-state index in [2.05, 4.69) is 10.3 Å². The third-order valence-electron chi connectivity index (χ3n) is 4.27. The standard InChI is InChI=1S/C20H22N2O4/c1-24-15-6-4-5-14(9-15)19(26-3)12-21-20(23)18-10-13-7-8-16(25-2)11-17(13)22-18/h4-11,19,22H,12H2,1-3H3,(H,21,23). The van der Waals surface area contributed by atoms with E-state index >= 15 is 0 Å². The van der Waals surface area contributed by atoms with Crippen LogP contribution >= 0.6 is 0 Å². The van der Waals surface area contributed by atoms with Gasteiger partial charge in [-0.3, -0.25) is 4.79 Å². The van der Waals surface area contributed by atoms with E-state index in [-0.39, 0.29) is 12.0 Å². The number of hydrogen-bond donors (Lipinski definition) is 2. The van der Waals surface area contributed by atoms with Crippen molar-refractivity contribution in [3.8, 4) is 11.5 Å². The molecule has 6 nitrogen and oxygen atoms in total. The van der Waals surface area contributed by atoms with Crippen LogP contribution in [0.3, 0.4) is 0 Å². The highest BCUT2D eigenvalue weighted by atomic mass is 16.5. The van der Waals surface area contributed by atoms with E-state index in [0.29, 0.717) is 12.2 Å². The number of hydrogen-bond acceptors (Lipinski definition) is 4. The summed E-state index contributed by atoms with van der Waals surface area (Å²) in [6, 6.07) is 15.1. The Kier molecular flexibility index (Phi) is 5.43. The summed E-state index contributed by atoms with van der Waals surface area (Å²) in [7, 11) is 4.85. The molecule has 0 spiro atoms. The first kappa shape index (κ1) is 17.8. The Hall–Kier alpha value is -2.99. The molecule has 0 aliphatic rings. The van der Waals surface area contributed by atoms with Crippen molar-refractivity contribution in [2.45, 2.75) is 6.10 Å². The molecule has 1 aromatic heterocycles. The highest BCUT2D eigenvalue weighted by Gasteiger charge is 2.15. The van der Waals surface area contributed by atoms with Crippen LogP contribution in [0, 0.1) is 0 Å². The molecule has 2 N–H and O–H groups in total. The zero-order valence-corrected chi connectivity index (χ0v) is 15.0. The SMILES string of the molecule is COc1cccc(C(CNC(=O)c2cc3ccc(OC)cc3[nH]2)OC)c1. The second-order valence-corrected chi connectivity index (χ2v) is 5.85. The molecule has 1 amide bonds. The number of nitrogens with one attached hydrogen (secondary N) is 2. The van der Waals surface area contributed by atoms with Crippen molar-refractivity contribution in [3.05, 3.63) is 59.8 Å². The normalized spacial score (nSPS) is 12.0. The van der Waals surface area contributed by atoms with Gasteiger partial charge < -0.3 is 24.5 Å². The van der Waals surface area contributed by atoms with Crippen LogP contribution in [0.1, 0.15) is 22.2 Å². The average Bonchev–Trinajstić information content (AvgIpc) is 3.11. The molecule has 0 fully saturated rings. The van der Waals surface area contributed by atoms with Crippen molar-refractivity contribution in [2.75, 3.05) is 27.9 Å². The van der Waals surface area contributed by atoms with Crippen molar-refractivity contribution in [3.63, 3.8) is 0 Å². The van der Waals surface area contributed by atoms with Crippen molar-refractivity contribution < 1.29 is 19.0 Å². The molecule has 1 heterocycles. The van der Waals surface area contributed by atoms with Gasteiger partial charge in [0.1, 0.15) is 17.2 Å². The van der Waals surface area contributed by atoms with Gasteiger partial charge >= 0.3 is 0 Å². The number of aromatic amines is 1. The summed E-state index contributed by atoms with van der Waals surface area (Å²) >= 11 is 0. The summed E-state index contributed by atoms with van der Waals surface area (Å²) in [6.45, 7) is 0.348. The second kappa shape index (κ2) is 7.93. The molecule has 26 heavy (non-hydrogen) atoms. The molecule has 0 saturated carbocycles. The number of methoxy groups -OCH3 is 3. The first-order valence-electron chi connectivity index (χ1n) is 8.26. The number of rotatable bonds is 7. The Labute approximate surface area is 152 Å². The number of H-pyrrole nitrogens is 1. The Morgan fingerprint density at radius 2 is 1.81 bits per heavy atom. The van der Waals surface area contributed by atoms with E-state index in [4.69, 9.17) is 14.2 Å². The van der Waals surface area contributed by atoms with Crippen LogP contribution in [-0.2, 0) is 4.74 Å². The summed E-state index contributed by atoms with van der Waals surface area (Å²) in [6.07, 6.45) is -0.265. The molecule has 0 aliphatic carbocycles. The van der Waals surface area contributed by atoms with Crippen molar-refractivity contribution in [1.82, 2.24) is 10.3 Å². The predicted octanol–water partition coefficient (Wildman–Crippen LogP) is 3.30. The molecule has 0 saturated heterocycles. The summed E-state index contributed by atoms with van der Waals surface area (Å²) in [4.78, 5) is 15.6. The summed E-state index contributed by atoms with van der Waals surface area (Å²) in [5.41, 5.74) is 2.29. The third-order valence-corrected chi connectivity index (χ3v) is 4.27. The molecule has 3 rings (SSSR count). The number of amides is 1. The van der Waals surface area contributed by atoms with Gasteiger partial charge in [-0.25, -0.2) is 0 Å². The number of carbonyl (C=O) groups excluding carboxylic acids is 1. The molecule has 1 unspecified atom stereocenters. The number of fused-ring (bicyclic) bond motifs is 1. The lowest BCUT2D eigenvalue weighted by atomic mass is 10.1. The highest BCUT2D eigenvalue weighted by Crippen LogP contribution is 2.23. The Balaban J connectivity index is 1.70. The molecule has 136 valence electrons. The van der Waals surface area contributed by atoms with E-state index in [9.17, 15) is 4.79 Å². The molecule has 1 atom stereocenters. The zero-order valence-electron chi connectivity index (χ0n) is 15.0. The van der Waals surface area contributed by atoms with E-state index in [0.717, 1.165) is 28.0 Å². The molecule has 0 radical (unpaired) electrons. The molecular formula is C20H22N2O4.